The van der Waals surface area contributed by atoms with E-state index in [-0.39, 0.29) is 12.1 Å². The lowest BCUT2D eigenvalue weighted by Crippen LogP contribution is -2.51. The summed E-state index contributed by atoms with van der Waals surface area (Å²) in [5.74, 6) is 0.0893. The van der Waals surface area contributed by atoms with Gasteiger partial charge in [-0.1, -0.05) is 18.2 Å². The van der Waals surface area contributed by atoms with Crippen molar-refractivity contribution in [3.05, 3.63) is 30.3 Å². The third-order valence-corrected chi connectivity index (χ3v) is 3.52. The fourth-order valence-electron chi connectivity index (χ4n) is 2.89. The second kappa shape index (κ2) is 5.61. The van der Waals surface area contributed by atoms with Crippen LogP contribution in [-0.2, 0) is 4.79 Å². The van der Waals surface area contributed by atoms with Crippen LogP contribution in [0.15, 0.2) is 30.3 Å². The molecule has 0 aromatic heterocycles. The number of hydrazine groups is 1. The van der Waals surface area contributed by atoms with Gasteiger partial charge in [0, 0.05) is 31.1 Å². The molecular formula is C15H23N3O. The molecule has 0 bridgehead atoms. The Balaban J connectivity index is 2.18. The summed E-state index contributed by atoms with van der Waals surface area (Å²) in [4.78, 5) is 12.0. The number of benzene rings is 1. The number of rotatable bonds is 3. The topological polar surface area (TPSA) is 35.6 Å². The van der Waals surface area contributed by atoms with E-state index >= 15 is 0 Å². The molecule has 1 aliphatic heterocycles. The maximum Gasteiger partial charge on any atom is 0.235 e. The highest BCUT2D eigenvalue weighted by atomic mass is 16.2. The SMILES string of the molecule is CC(=O)N1[C@H](Nc2ccccc2)C[C@@H](C)N1C(C)C. The van der Waals surface area contributed by atoms with Crippen molar-refractivity contribution in [1.29, 1.82) is 0 Å². The smallest absolute Gasteiger partial charge is 0.235 e. The second-order valence-electron chi connectivity index (χ2n) is 5.45. The summed E-state index contributed by atoms with van der Waals surface area (Å²) < 4.78 is 0. The second-order valence-corrected chi connectivity index (χ2v) is 5.45. The van der Waals surface area contributed by atoms with Gasteiger partial charge in [0.15, 0.2) is 0 Å². The van der Waals surface area contributed by atoms with Gasteiger partial charge in [0.05, 0.1) is 0 Å². The number of hydrogen-bond donors (Lipinski definition) is 1. The van der Waals surface area contributed by atoms with Gasteiger partial charge in [0.1, 0.15) is 6.17 Å². The van der Waals surface area contributed by atoms with Crippen molar-refractivity contribution >= 4 is 11.6 Å². The number of nitrogens with zero attached hydrogens (tertiary/aromatic N) is 2. The molecule has 4 heteroatoms. The first kappa shape index (κ1) is 13.9. The zero-order valence-electron chi connectivity index (χ0n) is 12.1. The summed E-state index contributed by atoms with van der Waals surface area (Å²) in [6.45, 7) is 8.05. The molecule has 1 amide bonds. The van der Waals surface area contributed by atoms with Crippen molar-refractivity contribution in [3.8, 4) is 0 Å². The molecule has 0 radical (unpaired) electrons. The number of carbonyl (C=O) groups excluding carboxylic acids is 1. The molecule has 19 heavy (non-hydrogen) atoms. The fourth-order valence-corrected chi connectivity index (χ4v) is 2.89. The van der Waals surface area contributed by atoms with Crippen LogP contribution in [-0.4, -0.2) is 34.2 Å². The van der Waals surface area contributed by atoms with Crippen LogP contribution in [0, 0.1) is 0 Å². The van der Waals surface area contributed by atoms with E-state index in [4.69, 9.17) is 0 Å². The van der Waals surface area contributed by atoms with Gasteiger partial charge in [0.25, 0.3) is 0 Å². The zero-order valence-corrected chi connectivity index (χ0v) is 12.1. The lowest BCUT2D eigenvalue weighted by atomic mass is 10.2. The van der Waals surface area contributed by atoms with Crippen LogP contribution in [0.5, 0.6) is 0 Å². The van der Waals surface area contributed by atoms with E-state index < -0.39 is 0 Å². The molecule has 104 valence electrons. The summed E-state index contributed by atoms with van der Waals surface area (Å²) in [6.07, 6.45) is 0.976. The molecule has 1 fully saturated rings. The molecule has 2 atom stereocenters. The van der Waals surface area contributed by atoms with E-state index in [0.717, 1.165) is 12.1 Å². The molecular weight excluding hydrogens is 238 g/mol. The Morgan fingerprint density at radius 3 is 2.47 bits per heavy atom. The van der Waals surface area contributed by atoms with Crippen molar-refractivity contribution in [3.63, 3.8) is 0 Å². The first-order valence-electron chi connectivity index (χ1n) is 6.90. The van der Waals surface area contributed by atoms with Crippen molar-refractivity contribution in [2.24, 2.45) is 0 Å². The van der Waals surface area contributed by atoms with Gasteiger partial charge in [-0.3, -0.25) is 9.80 Å². The maximum atomic E-state index is 12.0. The Morgan fingerprint density at radius 1 is 1.32 bits per heavy atom. The molecule has 0 saturated carbocycles. The minimum Gasteiger partial charge on any atom is -0.364 e. The average Bonchev–Trinajstić information content (AvgIpc) is 2.67. The number of carbonyl (C=O) groups is 1. The van der Waals surface area contributed by atoms with Gasteiger partial charge in [0.2, 0.25) is 5.91 Å². The lowest BCUT2D eigenvalue weighted by Gasteiger charge is -2.36. The van der Waals surface area contributed by atoms with Gasteiger partial charge < -0.3 is 5.32 Å². The Kier molecular flexibility index (Phi) is 4.10. The van der Waals surface area contributed by atoms with Crippen LogP contribution >= 0.6 is 0 Å². The van der Waals surface area contributed by atoms with Crippen molar-refractivity contribution in [2.45, 2.75) is 52.4 Å². The normalized spacial score (nSPS) is 23.9. The Hall–Kier alpha value is -1.55. The summed E-state index contributed by atoms with van der Waals surface area (Å²) in [5, 5.41) is 7.48. The summed E-state index contributed by atoms with van der Waals surface area (Å²) in [5.41, 5.74) is 1.05. The molecule has 1 heterocycles. The lowest BCUT2D eigenvalue weighted by molar-refractivity contribution is -0.149. The highest BCUT2D eigenvalue weighted by Gasteiger charge is 2.39. The predicted molar refractivity (Wildman–Crippen MR) is 77.4 cm³/mol. The third-order valence-electron chi connectivity index (χ3n) is 3.52. The minimum atomic E-state index is 0.0392. The Bertz CT molecular complexity index is 432. The van der Waals surface area contributed by atoms with Gasteiger partial charge in [-0.15, -0.1) is 0 Å². The Morgan fingerprint density at radius 2 is 1.95 bits per heavy atom. The maximum absolute atomic E-state index is 12.0. The summed E-state index contributed by atoms with van der Waals surface area (Å²) >= 11 is 0. The molecule has 0 unspecified atom stereocenters. The largest absolute Gasteiger partial charge is 0.364 e. The minimum absolute atomic E-state index is 0.0392. The van der Waals surface area contributed by atoms with Crippen LogP contribution in [0.2, 0.25) is 0 Å². The highest BCUT2D eigenvalue weighted by Crippen LogP contribution is 2.28. The van der Waals surface area contributed by atoms with Crippen molar-refractivity contribution in [1.82, 2.24) is 10.0 Å². The van der Waals surface area contributed by atoms with E-state index in [2.05, 4.69) is 31.1 Å². The fraction of sp³-hybridized carbons (Fsp3) is 0.533. The van der Waals surface area contributed by atoms with Crippen LogP contribution in [0.3, 0.4) is 0 Å². The van der Waals surface area contributed by atoms with Gasteiger partial charge >= 0.3 is 0 Å². The average molecular weight is 261 g/mol. The van der Waals surface area contributed by atoms with Gasteiger partial charge in [-0.05, 0) is 32.9 Å². The standard InChI is InChI=1S/C15H23N3O/c1-11(2)17-12(3)10-15(18(17)13(4)19)16-14-8-6-5-7-9-14/h5-9,11-12,15-16H,10H2,1-4H3/t12-,15+/m1/s1. The quantitative estimate of drug-likeness (QED) is 0.908. The van der Waals surface area contributed by atoms with E-state index in [1.165, 1.54) is 0 Å². The van der Waals surface area contributed by atoms with Crippen LogP contribution < -0.4 is 5.32 Å². The molecule has 1 N–H and O–H groups in total. The molecule has 0 aliphatic carbocycles. The van der Waals surface area contributed by atoms with Crippen molar-refractivity contribution < 1.29 is 4.79 Å². The number of hydrogen-bond acceptors (Lipinski definition) is 3. The first-order valence-corrected chi connectivity index (χ1v) is 6.90. The van der Waals surface area contributed by atoms with Gasteiger partial charge in [-0.2, -0.15) is 0 Å². The van der Waals surface area contributed by atoms with E-state index in [1.54, 1.807) is 6.92 Å². The molecule has 2 rings (SSSR count). The zero-order chi connectivity index (χ0) is 14.0. The number of anilines is 1. The van der Waals surface area contributed by atoms with Crippen LogP contribution in [0.25, 0.3) is 0 Å². The van der Waals surface area contributed by atoms with E-state index in [0.29, 0.717) is 12.1 Å². The third kappa shape index (κ3) is 2.89. The monoisotopic (exact) mass is 261 g/mol. The van der Waals surface area contributed by atoms with E-state index in [9.17, 15) is 4.79 Å². The van der Waals surface area contributed by atoms with Crippen molar-refractivity contribution in [2.75, 3.05) is 5.32 Å². The van der Waals surface area contributed by atoms with E-state index in [1.807, 2.05) is 35.3 Å². The first-order chi connectivity index (χ1) is 9.00. The summed E-state index contributed by atoms with van der Waals surface area (Å²) in [6, 6.07) is 10.7. The molecule has 4 nitrogen and oxygen atoms in total. The molecule has 1 aliphatic rings. The van der Waals surface area contributed by atoms with Crippen LogP contribution in [0.4, 0.5) is 5.69 Å². The molecule has 0 spiro atoms. The molecule has 1 aromatic rings. The van der Waals surface area contributed by atoms with Gasteiger partial charge in [-0.25, -0.2) is 5.01 Å². The molecule has 1 aromatic carbocycles. The Labute approximate surface area is 115 Å². The predicted octanol–water partition coefficient (Wildman–Crippen LogP) is 2.69. The number of nitrogens with one attached hydrogen (secondary N) is 1. The van der Waals surface area contributed by atoms with Crippen LogP contribution in [0.1, 0.15) is 34.1 Å². The number of amides is 1. The highest BCUT2D eigenvalue weighted by molar-refractivity contribution is 5.74. The number of para-hydroxylation sites is 1. The molecule has 1 saturated heterocycles. The summed E-state index contributed by atoms with van der Waals surface area (Å²) in [7, 11) is 0.